The Kier molecular flexibility index (Phi) is 4.22. The summed E-state index contributed by atoms with van der Waals surface area (Å²) in [7, 11) is 0. The Morgan fingerprint density at radius 1 is 1.21 bits per heavy atom. The summed E-state index contributed by atoms with van der Waals surface area (Å²) < 4.78 is 0.726. The van der Waals surface area contributed by atoms with Crippen molar-refractivity contribution >= 4 is 33.2 Å². The molecule has 0 spiro atoms. The quantitative estimate of drug-likeness (QED) is 0.845. The number of carbonyl (C=O) groups excluding carboxylic acids is 1. The van der Waals surface area contributed by atoms with Crippen LogP contribution in [0.1, 0.15) is 22.8 Å². The van der Waals surface area contributed by atoms with E-state index in [4.69, 9.17) is 5.73 Å². The Morgan fingerprint density at radius 2 is 1.89 bits per heavy atom. The number of nitrogens with one attached hydrogen (secondary N) is 1. The minimum Gasteiger partial charge on any atom is -0.399 e. The number of nitrogen functional groups attached to an aromatic ring is 1. The minimum absolute atomic E-state index is 0.177. The summed E-state index contributed by atoms with van der Waals surface area (Å²) in [5.41, 5.74) is 8.80. The van der Waals surface area contributed by atoms with Gasteiger partial charge >= 0.3 is 0 Å². The average molecular weight is 319 g/mol. The third-order valence-electron chi connectivity index (χ3n) is 2.86. The molecule has 2 aromatic carbocycles. The molecule has 3 nitrogen and oxygen atoms in total. The first-order valence-electron chi connectivity index (χ1n) is 6.05. The highest BCUT2D eigenvalue weighted by Gasteiger charge is 2.10. The summed E-state index contributed by atoms with van der Waals surface area (Å²) >= 11 is 3.35. The van der Waals surface area contributed by atoms with Crippen molar-refractivity contribution in [3.63, 3.8) is 0 Å². The Balaban J connectivity index is 2.18. The summed E-state index contributed by atoms with van der Waals surface area (Å²) in [5.74, 6) is -0.177. The molecule has 2 aromatic rings. The second-order valence-electron chi connectivity index (χ2n) is 4.24. The summed E-state index contributed by atoms with van der Waals surface area (Å²) in [4.78, 5) is 12.1. The highest BCUT2D eigenvalue weighted by Crippen LogP contribution is 2.21. The number of anilines is 2. The Hall–Kier alpha value is -1.81. The van der Waals surface area contributed by atoms with Gasteiger partial charge in [-0.3, -0.25) is 4.79 Å². The van der Waals surface area contributed by atoms with Crippen molar-refractivity contribution in [2.45, 2.75) is 13.3 Å². The lowest BCUT2D eigenvalue weighted by Gasteiger charge is -2.08. The predicted molar refractivity (Wildman–Crippen MR) is 82.3 cm³/mol. The highest BCUT2D eigenvalue weighted by atomic mass is 79.9. The van der Waals surface area contributed by atoms with Crippen LogP contribution in [0.5, 0.6) is 0 Å². The van der Waals surface area contributed by atoms with Gasteiger partial charge in [-0.1, -0.05) is 19.1 Å². The second-order valence-corrected chi connectivity index (χ2v) is 5.10. The van der Waals surface area contributed by atoms with Gasteiger partial charge < -0.3 is 11.1 Å². The number of carbonyl (C=O) groups is 1. The monoisotopic (exact) mass is 318 g/mol. The first kappa shape index (κ1) is 13.6. The fourth-order valence-corrected chi connectivity index (χ4v) is 2.17. The molecule has 0 bridgehead atoms. The summed E-state index contributed by atoms with van der Waals surface area (Å²) in [5, 5.41) is 2.85. The SMILES string of the molecule is CCc1ccc(NC(=O)c2cc(N)ccc2Br)cc1. The van der Waals surface area contributed by atoms with Gasteiger partial charge in [0.05, 0.1) is 5.56 Å². The zero-order valence-electron chi connectivity index (χ0n) is 10.6. The van der Waals surface area contributed by atoms with Gasteiger partial charge in [0.25, 0.3) is 5.91 Å². The third kappa shape index (κ3) is 3.35. The molecular formula is C15H15BrN2O. The van der Waals surface area contributed by atoms with Crippen LogP contribution in [-0.2, 0) is 6.42 Å². The van der Waals surface area contributed by atoms with E-state index in [-0.39, 0.29) is 5.91 Å². The molecule has 0 aliphatic carbocycles. The molecule has 0 aliphatic rings. The van der Waals surface area contributed by atoms with Crippen LogP contribution >= 0.6 is 15.9 Å². The lowest BCUT2D eigenvalue weighted by Crippen LogP contribution is -2.13. The Morgan fingerprint density at radius 3 is 2.53 bits per heavy atom. The van der Waals surface area contributed by atoms with Crippen LogP contribution in [0.2, 0.25) is 0 Å². The first-order valence-corrected chi connectivity index (χ1v) is 6.84. The van der Waals surface area contributed by atoms with Crippen molar-refractivity contribution in [1.29, 1.82) is 0 Å². The molecule has 2 rings (SSSR count). The molecule has 3 N–H and O–H groups in total. The number of nitrogens with two attached hydrogens (primary N) is 1. The molecule has 19 heavy (non-hydrogen) atoms. The van der Waals surface area contributed by atoms with Gasteiger partial charge in [0.1, 0.15) is 0 Å². The summed E-state index contributed by atoms with van der Waals surface area (Å²) in [6.45, 7) is 2.09. The van der Waals surface area contributed by atoms with E-state index in [1.54, 1.807) is 18.2 Å². The van der Waals surface area contributed by atoms with E-state index in [1.807, 2.05) is 24.3 Å². The van der Waals surface area contributed by atoms with E-state index in [0.717, 1.165) is 16.6 Å². The van der Waals surface area contributed by atoms with Gasteiger partial charge in [0, 0.05) is 15.8 Å². The molecule has 0 heterocycles. The topological polar surface area (TPSA) is 55.1 Å². The largest absolute Gasteiger partial charge is 0.399 e. The van der Waals surface area contributed by atoms with Crippen molar-refractivity contribution in [3.8, 4) is 0 Å². The zero-order chi connectivity index (χ0) is 13.8. The van der Waals surface area contributed by atoms with Gasteiger partial charge in [-0.05, 0) is 58.2 Å². The smallest absolute Gasteiger partial charge is 0.256 e. The number of amides is 1. The fourth-order valence-electron chi connectivity index (χ4n) is 1.74. The molecule has 0 saturated heterocycles. The number of benzene rings is 2. The van der Waals surface area contributed by atoms with Crippen LogP contribution in [-0.4, -0.2) is 5.91 Å². The maximum absolute atomic E-state index is 12.1. The first-order chi connectivity index (χ1) is 9.10. The van der Waals surface area contributed by atoms with Crippen molar-refractivity contribution in [2.24, 2.45) is 0 Å². The number of hydrogen-bond acceptors (Lipinski definition) is 2. The standard InChI is InChI=1S/C15H15BrN2O/c1-2-10-3-6-12(7-4-10)18-15(19)13-9-11(17)5-8-14(13)16/h3-9H,2,17H2,1H3,(H,18,19). The summed E-state index contributed by atoms with van der Waals surface area (Å²) in [6.07, 6.45) is 0.981. The van der Waals surface area contributed by atoms with E-state index in [1.165, 1.54) is 5.56 Å². The summed E-state index contributed by atoms with van der Waals surface area (Å²) in [6, 6.07) is 13.0. The van der Waals surface area contributed by atoms with E-state index in [0.29, 0.717) is 11.3 Å². The van der Waals surface area contributed by atoms with Gasteiger partial charge in [-0.2, -0.15) is 0 Å². The van der Waals surface area contributed by atoms with Crippen LogP contribution in [0.15, 0.2) is 46.9 Å². The number of halogens is 1. The maximum atomic E-state index is 12.1. The molecule has 0 unspecified atom stereocenters. The normalized spacial score (nSPS) is 10.2. The van der Waals surface area contributed by atoms with Gasteiger partial charge in [-0.25, -0.2) is 0 Å². The van der Waals surface area contributed by atoms with E-state index in [2.05, 4.69) is 28.2 Å². The Bertz CT molecular complexity index is 594. The number of hydrogen-bond donors (Lipinski definition) is 2. The van der Waals surface area contributed by atoms with Crippen LogP contribution in [0.3, 0.4) is 0 Å². The van der Waals surface area contributed by atoms with E-state index < -0.39 is 0 Å². The average Bonchev–Trinajstić information content (AvgIpc) is 2.42. The van der Waals surface area contributed by atoms with E-state index in [9.17, 15) is 4.79 Å². The van der Waals surface area contributed by atoms with E-state index >= 15 is 0 Å². The zero-order valence-corrected chi connectivity index (χ0v) is 12.2. The molecular weight excluding hydrogens is 304 g/mol. The molecule has 0 aliphatic heterocycles. The molecule has 0 aromatic heterocycles. The van der Waals surface area contributed by atoms with Crippen LogP contribution < -0.4 is 11.1 Å². The second kappa shape index (κ2) is 5.89. The fraction of sp³-hybridized carbons (Fsp3) is 0.133. The highest BCUT2D eigenvalue weighted by molar-refractivity contribution is 9.10. The molecule has 0 radical (unpaired) electrons. The van der Waals surface area contributed by atoms with Crippen molar-refractivity contribution < 1.29 is 4.79 Å². The molecule has 0 fully saturated rings. The lowest BCUT2D eigenvalue weighted by molar-refractivity contribution is 0.102. The predicted octanol–water partition coefficient (Wildman–Crippen LogP) is 3.85. The molecule has 1 amide bonds. The number of aryl methyl sites for hydroxylation is 1. The third-order valence-corrected chi connectivity index (χ3v) is 3.55. The molecule has 4 heteroatoms. The minimum atomic E-state index is -0.177. The van der Waals surface area contributed by atoms with Gasteiger partial charge in [-0.15, -0.1) is 0 Å². The van der Waals surface area contributed by atoms with Crippen molar-refractivity contribution in [2.75, 3.05) is 11.1 Å². The van der Waals surface area contributed by atoms with Crippen LogP contribution in [0, 0.1) is 0 Å². The molecule has 0 atom stereocenters. The van der Waals surface area contributed by atoms with Crippen LogP contribution in [0.25, 0.3) is 0 Å². The molecule has 0 saturated carbocycles. The van der Waals surface area contributed by atoms with Crippen molar-refractivity contribution in [3.05, 3.63) is 58.1 Å². The molecule has 98 valence electrons. The van der Waals surface area contributed by atoms with Crippen LogP contribution in [0.4, 0.5) is 11.4 Å². The van der Waals surface area contributed by atoms with Crippen molar-refractivity contribution in [1.82, 2.24) is 0 Å². The Labute approximate surface area is 121 Å². The number of rotatable bonds is 3. The maximum Gasteiger partial charge on any atom is 0.256 e. The van der Waals surface area contributed by atoms with Gasteiger partial charge in [0.15, 0.2) is 0 Å². The lowest BCUT2D eigenvalue weighted by atomic mass is 10.1. The van der Waals surface area contributed by atoms with Gasteiger partial charge in [0.2, 0.25) is 0 Å².